The van der Waals surface area contributed by atoms with E-state index < -0.39 is 0 Å². The molecule has 3 rings (SSSR count). The van der Waals surface area contributed by atoms with Crippen molar-refractivity contribution in [2.45, 2.75) is 52.2 Å². The van der Waals surface area contributed by atoms with Crippen LogP contribution >= 0.6 is 11.6 Å². The summed E-state index contributed by atoms with van der Waals surface area (Å²) in [6, 6.07) is 5.38. The predicted molar refractivity (Wildman–Crippen MR) is 116 cm³/mol. The largest absolute Gasteiger partial charge is 0.497 e. The minimum Gasteiger partial charge on any atom is -0.497 e. The summed E-state index contributed by atoms with van der Waals surface area (Å²) >= 11 is 6.50. The summed E-state index contributed by atoms with van der Waals surface area (Å²) in [6.07, 6.45) is 1.37. The van der Waals surface area contributed by atoms with Gasteiger partial charge in [-0.3, -0.25) is 4.79 Å². The summed E-state index contributed by atoms with van der Waals surface area (Å²) in [4.78, 5) is 21.5. The van der Waals surface area contributed by atoms with E-state index in [9.17, 15) is 4.79 Å². The highest BCUT2D eigenvalue weighted by molar-refractivity contribution is 6.33. The van der Waals surface area contributed by atoms with Crippen molar-refractivity contribution in [2.75, 3.05) is 25.6 Å². The number of hydrogen-bond donors (Lipinski definition) is 1. The average Bonchev–Trinajstić information content (AvgIpc) is 3.19. The van der Waals surface area contributed by atoms with E-state index in [1.165, 1.54) is 0 Å². The molecule has 0 saturated carbocycles. The number of benzene rings is 1. The third-order valence-electron chi connectivity index (χ3n) is 5.06. The van der Waals surface area contributed by atoms with Crippen LogP contribution in [0.5, 0.6) is 5.75 Å². The number of aromatic nitrogens is 2. The van der Waals surface area contributed by atoms with Gasteiger partial charge in [0.25, 0.3) is 0 Å². The number of methoxy groups -OCH3 is 1. The molecule has 8 heteroatoms. The molecule has 7 nitrogen and oxygen atoms in total. The Morgan fingerprint density at radius 2 is 1.97 bits per heavy atom. The van der Waals surface area contributed by atoms with Crippen molar-refractivity contribution in [3.63, 3.8) is 0 Å². The van der Waals surface area contributed by atoms with E-state index >= 15 is 0 Å². The molecule has 1 N–H and O–H groups in total. The zero-order chi connectivity index (χ0) is 21.7. The first-order valence-corrected chi connectivity index (χ1v) is 10.7. The first kappa shape index (κ1) is 22.3. The lowest BCUT2D eigenvalue weighted by Gasteiger charge is -2.22. The van der Waals surface area contributed by atoms with Gasteiger partial charge in [0.05, 0.1) is 48.5 Å². The van der Waals surface area contributed by atoms with Gasteiger partial charge in [-0.15, -0.1) is 0 Å². The Labute approximate surface area is 182 Å². The van der Waals surface area contributed by atoms with Crippen LogP contribution in [0.25, 0.3) is 11.3 Å². The number of aryl methyl sites for hydroxylation is 2. The number of carbonyl (C=O) groups excluding carboxylic acids is 1. The lowest BCUT2D eigenvalue weighted by atomic mass is 10.1. The van der Waals surface area contributed by atoms with Crippen molar-refractivity contribution in [3.05, 3.63) is 34.6 Å². The molecule has 0 aliphatic carbocycles. The first-order chi connectivity index (χ1) is 14.5. The third-order valence-corrected chi connectivity index (χ3v) is 5.38. The number of nitrogens with zero attached hydrogens (tertiary/aromatic N) is 2. The van der Waals surface area contributed by atoms with Gasteiger partial charge in [0.1, 0.15) is 17.7 Å². The summed E-state index contributed by atoms with van der Waals surface area (Å²) in [7, 11) is 1.61. The molecule has 1 aliphatic rings. The molecule has 2 atom stereocenters. The number of halogens is 1. The maximum absolute atomic E-state index is 11.7. The lowest BCUT2D eigenvalue weighted by molar-refractivity contribution is -0.148. The van der Waals surface area contributed by atoms with Crippen molar-refractivity contribution >= 4 is 23.4 Å². The van der Waals surface area contributed by atoms with Gasteiger partial charge in [-0.1, -0.05) is 32.4 Å². The molecule has 1 aromatic carbocycles. The Bertz CT molecular complexity index is 906. The molecular formula is C22H28ClN3O4. The first-order valence-electron chi connectivity index (χ1n) is 10.3. The monoisotopic (exact) mass is 433 g/mol. The van der Waals surface area contributed by atoms with Gasteiger partial charge in [-0.2, -0.15) is 0 Å². The summed E-state index contributed by atoms with van der Waals surface area (Å²) in [6.45, 7) is 6.65. The Kier molecular flexibility index (Phi) is 7.50. The van der Waals surface area contributed by atoms with Gasteiger partial charge in [-0.05, 0) is 31.0 Å². The van der Waals surface area contributed by atoms with Gasteiger partial charge >= 0.3 is 5.97 Å². The van der Waals surface area contributed by atoms with Gasteiger partial charge in [-0.25, -0.2) is 9.97 Å². The minimum atomic E-state index is -0.343. The second-order valence-corrected chi connectivity index (χ2v) is 7.44. The van der Waals surface area contributed by atoms with Crippen LogP contribution in [0.4, 0.5) is 5.82 Å². The molecule has 0 unspecified atom stereocenters. The molecule has 2 heterocycles. The second kappa shape index (κ2) is 10.1. The van der Waals surface area contributed by atoms with Gasteiger partial charge in [0, 0.05) is 12.0 Å². The van der Waals surface area contributed by atoms with E-state index in [4.69, 9.17) is 35.8 Å². The Morgan fingerprint density at radius 3 is 2.60 bits per heavy atom. The predicted octanol–water partition coefficient (Wildman–Crippen LogP) is 4.06. The topological polar surface area (TPSA) is 82.6 Å². The molecule has 1 saturated heterocycles. The van der Waals surface area contributed by atoms with Crippen molar-refractivity contribution < 1.29 is 19.0 Å². The molecule has 30 heavy (non-hydrogen) atoms. The summed E-state index contributed by atoms with van der Waals surface area (Å²) in [5.74, 6) is 1.14. The maximum Gasteiger partial charge on any atom is 0.305 e. The summed E-state index contributed by atoms with van der Waals surface area (Å²) in [5.41, 5.74) is 3.25. The summed E-state index contributed by atoms with van der Waals surface area (Å²) in [5, 5.41) is 3.96. The minimum absolute atomic E-state index is 0.166. The van der Waals surface area contributed by atoms with Crippen LogP contribution in [0.3, 0.4) is 0 Å². The van der Waals surface area contributed by atoms with Crippen LogP contribution < -0.4 is 10.1 Å². The fourth-order valence-electron chi connectivity index (χ4n) is 3.36. The number of carbonyl (C=O) groups is 1. The van der Waals surface area contributed by atoms with E-state index in [1.807, 2.05) is 26.0 Å². The second-order valence-electron chi connectivity index (χ2n) is 7.04. The molecule has 0 bridgehead atoms. The van der Waals surface area contributed by atoms with Crippen molar-refractivity contribution in [1.29, 1.82) is 0 Å². The van der Waals surface area contributed by atoms with Crippen LogP contribution in [0, 0.1) is 0 Å². The van der Waals surface area contributed by atoms with Crippen molar-refractivity contribution in [2.24, 2.45) is 0 Å². The Hall–Kier alpha value is -2.38. The van der Waals surface area contributed by atoms with E-state index in [1.54, 1.807) is 20.1 Å². The number of anilines is 1. The highest BCUT2D eigenvalue weighted by Crippen LogP contribution is 2.33. The summed E-state index contributed by atoms with van der Waals surface area (Å²) < 4.78 is 16.3. The average molecular weight is 434 g/mol. The molecule has 1 aromatic heterocycles. The van der Waals surface area contributed by atoms with E-state index in [2.05, 4.69) is 5.32 Å². The number of esters is 1. The third kappa shape index (κ3) is 4.84. The van der Waals surface area contributed by atoms with Crippen LogP contribution in [-0.4, -0.2) is 48.4 Å². The molecular weight excluding hydrogens is 406 g/mol. The van der Waals surface area contributed by atoms with Crippen LogP contribution in [-0.2, 0) is 27.1 Å². The number of ether oxygens (including phenoxy) is 3. The van der Waals surface area contributed by atoms with E-state index in [-0.39, 0.29) is 18.1 Å². The van der Waals surface area contributed by atoms with Crippen molar-refractivity contribution in [1.82, 2.24) is 9.97 Å². The fraction of sp³-hybridized carbons (Fsp3) is 0.500. The molecule has 0 radical (unpaired) electrons. The van der Waals surface area contributed by atoms with Gasteiger partial charge in [0.15, 0.2) is 0 Å². The van der Waals surface area contributed by atoms with Gasteiger partial charge in [0.2, 0.25) is 0 Å². The molecule has 0 spiro atoms. The molecule has 1 fully saturated rings. The fourth-order valence-corrected chi connectivity index (χ4v) is 3.62. The van der Waals surface area contributed by atoms with Crippen LogP contribution in [0.2, 0.25) is 5.02 Å². The molecule has 162 valence electrons. The maximum atomic E-state index is 11.7. The zero-order valence-corrected chi connectivity index (χ0v) is 18.6. The molecule has 2 aromatic rings. The number of rotatable bonds is 8. The number of hydrogen-bond acceptors (Lipinski definition) is 7. The SMILES string of the molecule is CCC(=O)O[C@H]1COC[C@H]1Nc1nc(CC)c(-c2ccc(OC)cc2Cl)nc1CC. The zero-order valence-electron chi connectivity index (χ0n) is 17.8. The smallest absolute Gasteiger partial charge is 0.305 e. The molecule has 1 aliphatic heterocycles. The van der Waals surface area contributed by atoms with Crippen LogP contribution in [0.15, 0.2) is 18.2 Å². The quantitative estimate of drug-likeness (QED) is 0.628. The van der Waals surface area contributed by atoms with Gasteiger partial charge < -0.3 is 19.5 Å². The van der Waals surface area contributed by atoms with Crippen molar-refractivity contribution in [3.8, 4) is 17.0 Å². The highest BCUT2D eigenvalue weighted by atomic mass is 35.5. The van der Waals surface area contributed by atoms with E-state index in [0.717, 1.165) is 22.6 Å². The normalized spacial score (nSPS) is 18.3. The van der Waals surface area contributed by atoms with E-state index in [0.29, 0.717) is 49.1 Å². The van der Waals surface area contributed by atoms with Crippen LogP contribution in [0.1, 0.15) is 38.6 Å². The standard InChI is InChI=1S/C22H28ClN3O4/c1-5-16-21(14-9-8-13(28-4)10-15(14)23)24-17(6-2)22(25-16)26-18-11-29-12-19(18)30-20(27)7-3/h8-10,18-19H,5-7,11-12H2,1-4H3,(H,25,26)/t18-,19+/m1/s1. The lowest BCUT2D eigenvalue weighted by Crippen LogP contribution is -2.36. The Morgan fingerprint density at radius 1 is 1.20 bits per heavy atom. The Balaban J connectivity index is 1.93. The number of nitrogens with one attached hydrogen (secondary N) is 1. The molecule has 0 amide bonds. The highest BCUT2D eigenvalue weighted by Gasteiger charge is 2.32.